The van der Waals surface area contributed by atoms with Crippen LogP contribution >= 0.6 is 0 Å². The number of alkyl halides is 3. The van der Waals surface area contributed by atoms with Gasteiger partial charge in [-0.25, -0.2) is 0 Å². The number of ether oxygens (including phenoxy) is 1. The van der Waals surface area contributed by atoms with Crippen molar-refractivity contribution in [3.63, 3.8) is 0 Å². The summed E-state index contributed by atoms with van der Waals surface area (Å²) in [4.78, 5) is 11.0. The number of rotatable bonds is 3. The van der Waals surface area contributed by atoms with Gasteiger partial charge in [0.1, 0.15) is 5.75 Å². The van der Waals surface area contributed by atoms with Crippen molar-refractivity contribution in [2.45, 2.75) is 6.18 Å². The summed E-state index contributed by atoms with van der Waals surface area (Å²) in [5, 5.41) is 1.35. The van der Waals surface area contributed by atoms with E-state index in [4.69, 9.17) is 0 Å². The van der Waals surface area contributed by atoms with Crippen LogP contribution in [-0.4, -0.2) is 19.1 Å². The van der Waals surface area contributed by atoms with Crippen LogP contribution in [0.2, 0.25) is 0 Å². The van der Waals surface area contributed by atoms with Gasteiger partial charge in [0.05, 0.1) is 5.56 Å². The normalized spacial score (nSPS) is 11.5. The monoisotopic (exact) mass is 254 g/mol. The van der Waals surface area contributed by atoms with Crippen LogP contribution < -0.4 is 4.74 Å². The molecule has 2 rings (SSSR count). The molecule has 0 fully saturated rings. The first-order valence-electron chi connectivity index (χ1n) is 5.18. The molecule has 5 heteroatoms. The van der Waals surface area contributed by atoms with Gasteiger partial charge in [-0.1, -0.05) is 30.3 Å². The number of carbonyl (C=O) groups is 1. The summed E-state index contributed by atoms with van der Waals surface area (Å²) in [6.07, 6.45) is -3.92. The lowest BCUT2D eigenvalue weighted by Crippen LogP contribution is -2.19. The number of benzene rings is 2. The molecular weight excluding hydrogens is 245 g/mol. The fourth-order valence-corrected chi connectivity index (χ4v) is 1.68. The van der Waals surface area contributed by atoms with Crippen LogP contribution in [0.1, 0.15) is 10.4 Å². The number of fused-ring (bicyclic) bond motifs is 1. The minimum Gasteiger partial charge on any atom is -0.483 e. The summed E-state index contributed by atoms with van der Waals surface area (Å²) < 4.78 is 40.9. The van der Waals surface area contributed by atoms with Crippen LogP contribution in [-0.2, 0) is 0 Å². The third-order valence-corrected chi connectivity index (χ3v) is 2.44. The van der Waals surface area contributed by atoms with Crippen molar-refractivity contribution in [2.75, 3.05) is 6.61 Å². The summed E-state index contributed by atoms with van der Waals surface area (Å²) >= 11 is 0. The second-order valence-corrected chi connectivity index (χ2v) is 3.72. The van der Waals surface area contributed by atoms with E-state index in [0.717, 1.165) is 5.39 Å². The number of aldehydes is 1. The van der Waals surface area contributed by atoms with Crippen LogP contribution in [0, 0.1) is 0 Å². The Labute approximate surface area is 101 Å². The van der Waals surface area contributed by atoms with Gasteiger partial charge in [-0.3, -0.25) is 4.79 Å². The maximum Gasteiger partial charge on any atom is 0.422 e. The molecule has 0 saturated heterocycles. The highest BCUT2D eigenvalue weighted by molar-refractivity contribution is 6.00. The molecular formula is C13H9F3O2. The average molecular weight is 254 g/mol. The smallest absolute Gasteiger partial charge is 0.422 e. The second kappa shape index (κ2) is 4.68. The Balaban J connectivity index is 2.42. The fraction of sp³-hybridized carbons (Fsp3) is 0.154. The molecule has 0 bridgehead atoms. The summed E-state index contributed by atoms with van der Waals surface area (Å²) in [7, 11) is 0. The van der Waals surface area contributed by atoms with Crippen molar-refractivity contribution in [1.29, 1.82) is 0 Å². The maximum absolute atomic E-state index is 12.1. The fourth-order valence-electron chi connectivity index (χ4n) is 1.68. The van der Waals surface area contributed by atoms with E-state index in [0.29, 0.717) is 11.7 Å². The van der Waals surface area contributed by atoms with Crippen molar-refractivity contribution in [3.05, 3.63) is 42.0 Å². The Morgan fingerprint density at radius 3 is 2.50 bits per heavy atom. The average Bonchev–Trinajstić information content (AvgIpc) is 2.34. The molecule has 0 aliphatic rings. The van der Waals surface area contributed by atoms with E-state index in [1.54, 1.807) is 30.3 Å². The molecule has 0 amide bonds. The molecule has 2 nitrogen and oxygen atoms in total. The number of carbonyl (C=O) groups excluding carboxylic acids is 1. The highest BCUT2D eigenvalue weighted by Gasteiger charge is 2.28. The zero-order valence-electron chi connectivity index (χ0n) is 9.20. The van der Waals surface area contributed by atoms with E-state index < -0.39 is 12.8 Å². The first-order chi connectivity index (χ1) is 8.51. The van der Waals surface area contributed by atoms with Crippen LogP contribution in [0.25, 0.3) is 10.8 Å². The quantitative estimate of drug-likeness (QED) is 0.782. The molecule has 94 valence electrons. The topological polar surface area (TPSA) is 26.3 Å². The van der Waals surface area contributed by atoms with Crippen LogP contribution in [0.5, 0.6) is 5.75 Å². The molecule has 0 heterocycles. The van der Waals surface area contributed by atoms with E-state index in [-0.39, 0.29) is 11.3 Å². The highest BCUT2D eigenvalue weighted by Crippen LogP contribution is 2.28. The molecule has 0 spiro atoms. The third-order valence-electron chi connectivity index (χ3n) is 2.44. The van der Waals surface area contributed by atoms with Crippen molar-refractivity contribution < 1.29 is 22.7 Å². The lowest BCUT2D eigenvalue weighted by molar-refractivity contribution is -0.153. The maximum atomic E-state index is 12.1. The van der Waals surface area contributed by atoms with Gasteiger partial charge in [0.25, 0.3) is 0 Å². The second-order valence-electron chi connectivity index (χ2n) is 3.72. The molecule has 0 aliphatic carbocycles. The molecule has 0 aromatic heterocycles. The van der Waals surface area contributed by atoms with Crippen LogP contribution in [0.15, 0.2) is 36.4 Å². The predicted molar refractivity (Wildman–Crippen MR) is 60.9 cm³/mol. The Kier molecular flexibility index (Phi) is 3.23. The van der Waals surface area contributed by atoms with Gasteiger partial charge in [-0.15, -0.1) is 0 Å². The van der Waals surface area contributed by atoms with Gasteiger partial charge in [-0.2, -0.15) is 13.2 Å². The zero-order valence-corrected chi connectivity index (χ0v) is 9.20. The molecule has 0 aliphatic heterocycles. The Hall–Kier alpha value is -2.04. The van der Waals surface area contributed by atoms with Crippen LogP contribution in [0.3, 0.4) is 0 Å². The van der Waals surface area contributed by atoms with E-state index in [1.807, 2.05) is 0 Å². The summed E-state index contributed by atoms with van der Waals surface area (Å²) in [5.41, 5.74) is 0.136. The first-order valence-corrected chi connectivity index (χ1v) is 5.18. The number of hydrogen-bond acceptors (Lipinski definition) is 2. The minimum atomic E-state index is -4.42. The Morgan fingerprint density at radius 2 is 1.83 bits per heavy atom. The summed E-state index contributed by atoms with van der Waals surface area (Å²) in [6.45, 7) is -1.41. The van der Waals surface area contributed by atoms with Gasteiger partial charge in [0, 0.05) is 0 Å². The van der Waals surface area contributed by atoms with Gasteiger partial charge < -0.3 is 4.74 Å². The molecule has 0 saturated carbocycles. The summed E-state index contributed by atoms with van der Waals surface area (Å²) in [5.74, 6) is -0.0546. The first kappa shape index (κ1) is 12.4. The molecule has 0 N–H and O–H groups in total. The van der Waals surface area contributed by atoms with E-state index in [2.05, 4.69) is 4.74 Å². The SMILES string of the molecule is O=Cc1c(OCC(F)(F)F)ccc2ccccc12. The van der Waals surface area contributed by atoms with Crippen molar-refractivity contribution >= 4 is 17.1 Å². The van der Waals surface area contributed by atoms with Gasteiger partial charge in [0.2, 0.25) is 0 Å². The summed E-state index contributed by atoms with van der Waals surface area (Å²) in [6, 6.07) is 9.93. The van der Waals surface area contributed by atoms with Gasteiger partial charge >= 0.3 is 6.18 Å². The molecule has 0 unspecified atom stereocenters. The molecule has 0 atom stereocenters. The van der Waals surface area contributed by atoms with Crippen molar-refractivity contribution in [1.82, 2.24) is 0 Å². The highest BCUT2D eigenvalue weighted by atomic mass is 19.4. The largest absolute Gasteiger partial charge is 0.483 e. The standard InChI is InChI=1S/C13H9F3O2/c14-13(15,16)8-18-12-6-5-9-3-1-2-4-10(9)11(12)7-17/h1-7H,8H2. The number of halogens is 3. The predicted octanol–water partition coefficient (Wildman–Crippen LogP) is 3.59. The third kappa shape index (κ3) is 2.61. The lowest BCUT2D eigenvalue weighted by Gasteiger charge is -2.12. The molecule has 2 aromatic carbocycles. The Bertz CT molecular complexity index is 576. The van der Waals surface area contributed by atoms with Crippen LogP contribution in [0.4, 0.5) is 13.2 Å². The minimum absolute atomic E-state index is 0.0546. The van der Waals surface area contributed by atoms with Gasteiger partial charge in [-0.05, 0) is 16.8 Å². The Morgan fingerprint density at radius 1 is 1.11 bits per heavy atom. The molecule has 18 heavy (non-hydrogen) atoms. The number of hydrogen-bond donors (Lipinski definition) is 0. The van der Waals surface area contributed by atoms with Crippen molar-refractivity contribution in [2.24, 2.45) is 0 Å². The lowest BCUT2D eigenvalue weighted by atomic mass is 10.0. The van der Waals surface area contributed by atoms with Gasteiger partial charge in [0.15, 0.2) is 12.9 Å². The van der Waals surface area contributed by atoms with Crippen molar-refractivity contribution in [3.8, 4) is 5.75 Å². The molecule has 2 aromatic rings. The zero-order chi connectivity index (χ0) is 13.2. The van der Waals surface area contributed by atoms with E-state index in [9.17, 15) is 18.0 Å². The van der Waals surface area contributed by atoms with E-state index in [1.165, 1.54) is 6.07 Å². The van der Waals surface area contributed by atoms with E-state index >= 15 is 0 Å². The molecule has 0 radical (unpaired) electrons.